The van der Waals surface area contributed by atoms with Gasteiger partial charge in [0.25, 0.3) is 0 Å². The van der Waals surface area contributed by atoms with Crippen LogP contribution in [0.4, 0.5) is 5.82 Å². The van der Waals surface area contributed by atoms with E-state index in [9.17, 15) is 4.79 Å². The van der Waals surface area contributed by atoms with Gasteiger partial charge >= 0.3 is 0 Å². The standard InChI is InChI=1S/C12H18N4O/c1-9(17)16-6-4-5-11(16)10-7-13-8-12(14-10)15(2)3/h7-8,11H,4-6H2,1-3H3/t11-/m0/s1. The van der Waals surface area contributed by atoms with E-state index in [0.29, 0.717) is 0 Å². The Morgan fingerprint density at radius 1 is 1.47 bits per heavy atom. The molecule has 0 aliphatic carbocycles. The van der Waals surface area contributed by atoms with Crippen molar-refractivity contribution in [1.82, 2.24) is 14.9 Å². The third-order valence-electron chi connectivity index (χ3n) is 3.10. The number of anilines is 1. The van der Waals surface area contributed by atoms with E-state index in [0.717, 1.165) is 30.9 Å². The maximum atomic E-state index is 11.5. The normalized spacial score (nSPS) is 19.5. The summed E-state index contributed by atoms with van der Waals surface area (Å²) in [6, 6.07) is 0.0971. The molecule has 1 amide bonds. The van der Waals surface area contributed by atoms with E-state index in [-0.39, 0.29) is 11.9 Å². The van der Waals surface area contributed by atoms with Crippen LogP contribution in [0.3, 0.4) is 0 Å². The fraction of sp³-hybridized carbons (Fsp3) is 0.583. The maximum Gasteiger partial charge on any atom is 0.220 e. The highest BCUT2D eigenvalue weighted by atomic mass is 16.2. The summed E-state index contributed by atoms with van der Waals surface area (Å²) in [7, 11) is 3.87. The minimum atomic E-state index is 0.0971. The number of hydrogen-bond donors (Lipinski definition) is 0. The van der Waals surface area contributed by atoms with Crippen molar-refractivity contribution in [2.24, 2.45) is 0 Å². The Morgan fingerprint density at radius 3 is 2.88 bits per heavy atom. The Bertz CT molecular complexity index is 419. The summed E-state index contributed by atoms with van der Waals surface area (Å²) in [5.74, 6) is 0.947. The first-order valence-electron chi connectivity index (χ1n) is 5.86. The molecule has 1 atom stereocenters. The molecule has 92 valence electrons. The van der Waals surface area contributed by atoms with Crippen LogP contribution >= 0.6 is 0 Å². The van der Waals surface area contributed by atoms with Crippen molar-refractivity contribution in [3.05, 3.63) is 18.1 Å². The van der Waals surface area contributed by atoms with E-state index in [1.807, 2.05) is 23.9 Å². The van der Waals surface area contributed by atoms with Gasteiger partial charge in [-0.05, 0) is 12.8 Å². The van der Waals surface area contributed by atoms with Crippen LogP contribution in [0.2, 0.25) is 0 Å². The van der Waals surface area contributed by atoms with E-state index >= 15 is 0 Å². The second kappa shape index (κ2) is 4.69. The molecule has 17 heavy (non-hydrogen) atoms. The maximum absolute atomic E-state index is 11.5. The topological polar surface area (TPSA) is 49.3 Å². The number of carbonyl (C=O) groups excluding carboxylic acids is 1. The Morgan fingerprint density at radius 2 is 2.24 bits per heavy atom. The lowest BCUT2D eigenvalue weighted by molar-refractivity contribution is -0.129. The zero-order chi connectivity index (χ0) is 12.4. The van der Waals surface area contributed by atoms with Gasteiger partial charge in [0.2, 0.25) is 5.91 Å². The van der Waals surface area contributed by atoms with Crippen LogP contribution in [0.1, 0.15) is 31.5 Å². The molecule has 5 heteroatoms. The summed E-state index contributed by atoms with van der Waals surface area (Å²) >= 11 is 0. The third kappa shape index (κ3) is 2.38. The Balaban J connectivity index is 2.27. The van der Waals surface area contributed by atoms with E-state index in [2.05, 4.69) is 9.97 Å². The molecule has 0 spiro atoms. The van der Waals surface area contributed by atoms with Crippen molar-refractivity contribution in [3.63, 3.8) is 0 Å². The summed E-state index contributed by atoms with van der Waals surface area (Å²) in [6.45, 7) is 2.44. The number of nitrogens with zero attached hydrogens (tertiary/aromatic N) is 4. The zero-order valence-electron chi connectivity index (χ0n) is 10.6. The molecule has 1 aromatic rings. The van der Waals surface area contributed by atoms with Gasteiger partial charge in [0.05, 0.1) is 24.1 Å². The summed E-state index contributed by atoms with van der Waals surface area (Å²) < 4.78 is 0. The first kappa shape index (κ1) is 11.8. The van der Waals surface area contributed by atoms with Crippen LogP contribution in [0.25, 0.3) is 0 Å². The molecule has 0 N–H and O–H groups in total. The van der Waals surface area contributed by atoms with Gasteiger partial charge in [-0.3, -0.25) is 9.78 Å². The number of carbonyl (C=O) groups is 1. The Hall–Kier alpha value is -1.65. The Kier molecular flexibility index (Phi) is 3.26. The predicted molar refractivity (Wildman–Crippen MR) is 65.7 cm³/mol. The molecule has 0 bridgehead atoms. The lowest BCUT2D eigenvalue weighted by Gasteiger charge is -2.23. The van der Waals surface area contributed by atoms with Crippen LogP contribution in [0.15, 0.2) is 12.4 Å². The first-order valence-corrected chi connectivity index (χ1v) is 5.86. The van der Waals surface area contributed by atoms with Gasteiger partial charge in [-0.25, -0.2) is 4.98 Å². The average molecular weight is 234 g/mol. The van der Waals surface area contributed by atoms with Gasteiger partial charge < -0.3 is 9.80 Å². The fourth-order valence-corrected chi connectivity index (χ4v) is 2.20. The average Bonchev–Trinajstić information content (AvgIpc) is 2.78. The first-order chi connectivity index (χ1) is 8.09. The molecule has 0 aromatic carbocycles. The largest absolute Gasteiger partial charge is 0.361 e. The van der Waals surface area contributed by atoms with Crippen molar-refractivity contribution in [2.75, 3.05) is 25.5 Å². The minimum absolute atomic E-state index is 0.0971. The molecule has 1 fully saturated rings. The quantitative estimate of drug-likeness (QED) is 0.772. The van der Waals surface area contributed by atoms with E-state index in [4.69, 9.17) is 0 Å². The molecule has 1 aliphatic rings. The monoisotopic (exact) mass is 234 g/mol. The highest BCUT2D eigenvalue weighted by molar-refractivity contribution is 5.74. The van der Waals surface area contributed by atoms with Crippen molar-refractivity contribution < 1.29 is 4.79 Å². The molecule has 0 unspecified atom stereocenters. The van der Waals surface area contributed by atoms with Crippen LogP contribution < -0.4 is 4.90 Å². The second-order valence-electron chi connectivity index (χ2n) is 4.57. The molecule has 2 rings (SSSR count). The summed E-state index contributed by atoms with van der Waals surface area (Å²) in [4.78, 5) is 24.1. The van der Waals surface area contributed by atoms with Crippen molar-refractivity contribution >= 4 is 11.7 Å². The van der Waals surface area contributed by atoms with Crippen molar-refractivity contribution in [3.8, 4) is 0 Å². The Labute approximate surface area is 101 Å². The number of rotatable bonds is 2. The predicted octanol–water partition coefficient (Wildman–Crippen LogP) is 1.23. The van der Waals surface area contributed by atoms with Gasteiger partial charge in [0.15, 0.2) is 0 Å². The van der Waals surface area contributed by atoms with Gasteiger partial charge in [0.1, 0.15) is 5.82 Å². The SMILES string of the molecule is CC(=O)N1CCC[C@H]1c1cncc(N(C)C)n1. The summed E-state index contributed by atoms with van der Waals surface area (Å²) in [5, 5.41) is 0. The molecule has 0 radical (unpaired) electrons. The molecule has 1 aromatic heterocycles. The van der Waals surface area contributed by atoms with Crippen molar-refractivity contribution in [1.29, 1.82) is 0 Å². The lowest BCUT2D eigenvalue weighted by Crippen LogP contribution is -2.29. The number of likely N-dealkylation sites (tertiary alicyclic amines) is 1. The molecule has 1 aliphatic heterocycles. The number of amides is 1. The highest BCUT2D eigenvalue weighted by Gasteiger charge is 2.29. The molecule has 5 nitrogen and oxygen atoms in total. The van der Waals surface area contributed by atoms with E-state index < -0.39 is 0 Å². The lowest BCUT2D eigenvalue weighted by atomic mass is 10.1. The third-order valence-corrected chi connectivity index (χ3v) is 3.10. The summed E-state index contributed by atoms with van der Waals surface area (Å²) in [6.07, 6.45) is 5.51. The zero-order valence-corrected chi connectivity index (χ0v) is 10.6. The molecular formula is C12H18N4O. The van der Waals surface area contributed by atoms with Crippen LogP contribution in [-0.4, -0.2) is 41.4 Å². The highest BCUT2D eigenvalue weighted by Crippen LogP contribution is 2.30. The van der Waals surface area contributed by atoms with Gasteiger partial charge in [-0.1, -0.05) is 0 Å². The minimum Gasteiger partial charge on any atom is -0.361 e. The van der Waals surface area contributed by atoms with Crippen LogP contribution in [-0.2, 0) is 4.79 Å². The molecular weight excluding hydrogens is 216 g/mol. The summed E-state index contributed by atoms with van der Waals surface area (Å²) in [5.41, 5.74) is 0.893. The molecule has 1 saturated heterocycles. The molecule has 2 heterocycles. The van der Waals surface area contributed by atoms with Gasteiger partial charge in [-0.2, -0.15) is 0 Å². The number of aromatic nitrogens is 2. The van der Waals surface area contributed by atoms with Crippen molar-refractivity contribution in [2.45, 2.75) is 25.8 Å². The fourth-order valence-electron chi connectivity index (χ4n) is 2.20. The van der Waals surface area contributed by atoms with Gasteiger partial charge in [0, 0.05) is 27.6 Å². The smallest absolute Gasteiger partial charge is 0.220 e. The molecule has 0 saturated carbocycles. The van der Waals surface area contributed by atoms with E-state index in [1.54, 1.807) is 19.3 Å². The van der Waals surface area contributed by atoms with E-state index in [1.165, 1.54) is 0 Å². The second-order valence-corrected chi connectivity index (χ2v) is 4.57. The van der Waals surface area contributed by atoms with Crippen LogP contribution in [0, 0.1) is 0 Å². The van der Waals surface area contributed by atoms with Crippen LogP contribution in [0.5, 0.6) is 0 Å². The number of hydrogen-bond acceptors (Lipinski definition) is 4. The van der Waals surface area contributed by atoms with Gasteiger partial charge in [-0.15, -0.1) is 0 Å².